The van der Waals surface area contributed by atoms with E-state index in [2.05, 4.69) is 10.4 Å². The minimum absolute atomic E-state index is 0.0198. The average Bonchev–Trinajstić information content (AvgIpc) is 3.41. The third-order valence-corrected chi connectivity index (χ3v) is 9.10. The predicted molar refractivity (Wildman–Crippen MR) is 134 cm³/mol. The van der Waals surface area contributed by atoms with Crippen LogP contribution in [-0.2, 0) is 15.0 Å². The largest absolute Gasteiger partial charge is 0.462 e. The summed E-state index contributed by atoms with van der Waals surface area (Å²) in [5.74, 6) is -0.390. The molecule has 11 nitrogen and oxygen atoms in total. The molecule has 6 rings (SSSR count). The first kappa shape index (κ1) is 25.4. The van der Waals surface area contributed by atoms with Crippen molar-refractivity contribution in [3.63, 3.8) is 0 Å². The lowest BCUT2D eigenvalue weighted by Crippen LogP contribution is -2.52. The highest BCUT2D eigenvalue weighted by Gasteiger charge is 2.53. The summed E-state index contributed by atoms with van der Waals surface area (Å²) >= 11 is 0.868. The Bertz CT molecular complexity index is 1240. The molecule has 0 saturated heterocycles. The first-order chi connectivity index (χ1) is 17.7. The van der Waals surface area contributed by atoms with Gasteiger partial charge in [0.25, 0.3) is 5.91 Å². The molecule has 2 aromatic heterocycles. The molecule has 4 fully saturated rings. The Kier molecular flexibility index (Phi) is 6.55. The van der Waals surface area contributed by atoms with Gasteiger partial charge in [0, 0.05) is 0 Å². The summed E-state index contributed by atoms with van der Waals surface area (Å²) in [6, 6.07) is 0. The van der Waals surface area contributed by atoms with Gasteiger partial charge in [-0.3, -0.25) is 19.6 Å². The number of amides is 1. The van der Waals surface area contributed by atoms with Crippen LogP contribution in [-0.4, -0.2) is 45.8 Å². The van der Waals surface area contributed by atoms with Gasteiger partial charge in [-0.2, -0.15) is 5.10 Å². The summed E-state index contributed by atoms with van der Waals surface area (Å²) in [6.45, 7) is 5.10. The monoisotopic (exact) mass is 530 g/mol. The lowest BCUT2D eigenvalue weighted by atomic mass is 9.53. The van der Waals surface area contributed by atoms with Crippen LogP contribution in [0.25, 0.3) is 0 Å². The molecule has 4 aliphatic rings. The number of nitrogens with zero attached hydrogens (tertiary/aromatic N) is 3. The number of nitrogens with one attached hydrogen (secondary N) is 1. The normalized spacial score (nSPS) is 25.6. The van der Waals surface area contributed by atoms with Gasteiger partial charge in [0.1, 0.15) is 16.1 Å². The minimum atomic E-state index is -0.822. The van der Waals surface area contributed by atoms with Gasteiger partial charge in [-0.15, -0.1) is 11.3 Å². The van der Waals surface area contributed by atoms with Crippen LogP contribution in [0.15, 0.2) is 6.20 Å². The number of rotatable bonds is 8. The zero-order valence-electron chi connectivity index (χ0n) is 21.1. The van der Waals surface area contributed by atoms with E-state index in [1.165, 1.54) is 25.5 Å². The van der Waals surface area contributed by atoms with E-state index in [0.717, 1.165) is 30.6 Å². The predicted octanol–water partition coefficient (Wildman–Crippen LogP) is 4.69. The van der Waals surface area contributed by atoms with Crippen LogP contribution in [0.2, 0.25) is 0 Å². The molecule has 4 aliphatic carbocycles. The van der Waals surface area contributed by atoms with Gasteiger partial charge >= 0.3 is 17.6 Å². The molecule has 0 aliphatic heterocycles. The fraction of sp³-hybridized carbons (Fsp3) is 0.600. The molecule has 1 amide bonds. The number of thiophene rings is 1. The second-order valence-electron chi connectivity index (χ2n) is 10.4. The van der Waals surface area contributed by atoms with Crippen LogP contribution < -0.4 is 5.32 Å². The van der Waals surface area contributed by atoms with E-state index >= 15 is 0 Å². The molecule has 4 bridgehead atoms. The smallest absolute Gasteiger partial charge is 0.348 e. The van der Waals surface area contributed by atoms with E-state index in [4.69, 9.17) is 9.47 Å². The molecule has 4 saturated carbocycles. The molecule has 2 heterocycles. The van der Waals surface area contributed by atoms with Crippen molar-refractivity contribution in [1.82, 2.24) is 9.78 Å². The molecular formula is C25H30N4O7S. The van der Waals surface area contributed by atoms with Gasteiger partial charge in [-0.1, -0.05) is 0 Å². The van der Waals surface area contributed by atoms with Gasteiger partial charge < -0.3 is 14.8 Å². The summed E-state index contributed by atoms with van der Waals surface area (Å²) in [6.07, 6.45) is 7.74. The van der Waals surface area contributed by atoms with Crippen molar-refractivity contribution >= 4 is 39.9 Å². The summed E-state index contributed by atoms with van der Waals surface area (Å²) < 4.78 is 11.9. The fourth-order valence-electron chi connectivity index (χ4n) is 6.85. The number of ether oxygens (including phenoxy) is 2. The van der Waals surface area contributed by atoms with Crippen LogP contribution in [0.5, 0.6) is 0 Å². The molecule has 2 aromatic rings. The van der Waals surface area contributed by atoms with Crippen LogP contribution in [0.1, 0.15) is 88.5 Å². The lowest BCUT2D eigenvalue weighted by molar-refractivity contribution is -0.385. The Hall–Kier alpha value is -3.28. The molecular weight excluding hydrogens is 500 g/mol. The highest BCUT2D eigenvalue weighted by Crippen LogP contribution is 2.58. The summed E-state index contributed by atoms with van der Waals surface area (Å²) in [5.41, 5.74) is -0.675. The maximum absolute atomic E-state index is 13.4. The number of hydrogen-bond donors (Lipinski definition) is 1. The van der Waals surface area contributed by atoms with Crippen LogP contribution in [0.3, 0.4) is 0 Å². The van der Waals surface area contributed by atoms with Crippen LogP contribution in [0, 0.1) is 34.8 Å². The maximum Gasteiger partial charge on any atom is 0.348 e. The van der Waals surface area contributed by atoms with E-state index in [1.807, 2.05) is 0 Å². The molecule has 12 heteroatoms. The Morgan fingerprint density at radius 2 is 1.68 bits per heavy atom. The standard InChI is InChI=1S/C25H30N4O7S/c1-4-35-23(31)18-13(3)20(24(32)36-5-2)37-22(18)26-21(30)19-17(29(33)34)12-28(27-19)25-9-14-6-15(10-25)8-16(7-14)11-25/h12,14-16H,4-11H2,1-3H3,(H,26,30). The zero-order chi connectivity index (χ0) is 26.5. The fourth-order valence-corrected chi connectivity index (χ4v) is 7.94. The molecule has 0 atom stereocenters. The quantitative estimate of drug-likeness (QED) is 0.294. The Morgan fingerprint density at radius 3 is 2.22 bits per heavy atom. The van der Waals surface area contributed by atoms with Crippen LogP contribution in [0.4, 0.5) is 10.7 Å². The molecule has 0 spiro atoms. The molecule has 198 valence electrons. The van der Waals surface area contributed by atoms with E-state index in [9.17, 15) is 24.5 Å². The van der Waals surface area contributed by atoms with Gasteiger partial charge in [0.15, 0.2) is 0 Å². The number of aromatic nitrogens is 2. The van der Waals surface area contributed by atoms with Crippen molar-refractivity contribution in [2.45, 2.75) is 64.8 Å². The molecule has 0 radical (unpaired) electrons. The van der Waals surface area contributed by atoms with Gasteiger partial charge in [0.2, 0.25) is 5.69 Å². The third kappa shape index (κ3) is 4.41. The third-order valence-electron chi connectivity index (χ3n) is 7.91. The first-order valence-corrected chi connectivity index (χ1v) is 13.5. The summed E-state index contributed by atoms with van der Waals surface area (Å²) in [4.78, 5) is 50.0. The van der Waals surface area contributed by atoms with E-state index in [0.29, 0.717) is 23.3 Å². The number of nitro groups is 1. The average molecular weight is 531 g/mol. The van der Waals surface area contributed by atoms with E-state index in [1.54, 1.807) is 25.5 Å². The zero-order valence-corrected chi connectivity index (χ0v) is 21.9. The SMILES string of the molecule is CCOC(=O)c1sc(NC(=O)c2nn(C34CC5CC(CC(C5)C3)C4)cc2[N+](=O)[O-])c(C(=O)OCC)c1C. The number of carbonyl (C=O) groups is 3. The number of anilines is 1. The number of esters is 2. The second kappa shape index (κ2) is 9.55. The van der Waals surface area contributed by atoms with Crippen LogP contribution >= 0.6 is 11.3 Å². The molecule has 1 N–H and O–H groups in total. The number of carbonyl (C=O) groups excluding carboxylic acids is 3. The molecule has 0 aromatic carbocycles. The molecule has 0 unspecified atom stereocenters. The topological polar surface area (TPSA) is 143 Å². The van der Waals surface area contributed by atoms with E-state index < -0.39 is 22.8 Å². The van der Waals surface area contributed by atoms with Crippen molar-refractivity contribution in [3.05, 3.63) is 38.0 Å². The van der Waals surface area contributed by atoms with Crippen molar-refractivity contribution in [3.8, 4) is 0 Å². The highest BCUT2D eigenvalue weighted by molar-refractivity contribution is 7.18. The number of hydrogen-bond acceptors (Lipinski definition) is 9. The van der Waals surface area contributed by atoms with Gasteiger partial charge in [-0.05, 0) is 82.6 Å². The maximum atomic E-state index is 13.4. The Morgan fingerprint density at radius 1 is 1.11 bits per heavy atom. The van der Waals surface area contributed by atoms with Gasteiger partial charge in [0.05, 0.1) is 29.2 Å². The summed E-state index contributed by atoms with van der Waals surface area (Å²) in [7, 11) is 0. The Balaban J connectivity index is 1.49. The van der Waals surface area contributed by atoms with E-state index in [-0.39, 0.29) is 45.6 Å². The highest BCUT2D eigenvalue weighted by atomic mass is 32.1. The van der Waals surface area contributed by atoms with Crippen molar-refractivity contribution in [2.75, 3.05) is 18.5 Å². The minimum Gasteiger partial charge on any atom is -0.462 e. The second-order valence-corrected chi connectivity index (χ2v) is 11.4. The van der Waals surface area contributed by atoms with Crippen molar-refractivity contribution < 1.29 is 28.8 Å². The summed E-state index contributed by atoms with van der Waals surface area (Å²) in [5, 5.41) is 19.1. The molecule has 37 heavy (non-hydrogen) atoms. The van der Waals surface area contributed by atoms with Gasteiger partial charge in [-0.25, -0.2) is 9.59 Å². The lowest BCUT2D eigenvalue weighted by Gasteiger charge is -2.56. The first-order valence-electron chi connectivity index (χ1n) is 12.7. The Labute approximate surface area is 217 Å². The van der Waals surface area contributed by atoms with Crippen molar-refractivity contribution in [1.29, 1.82) is 0 Å². The van der Waals surface area contributed by atoms with Crippen molar-refractivity contribution in [2.24, 2.45) is 17.8 Å².